The number of sulfonamides is 1. The molecule has 1 amide bonds. The molecule has 232 valence electrons. The number of anilines is 1. The molecule has 3 aromatic carbocycles. The Kier molecular flexibility index (Phi) is 10.2. The van der Waals surface area contributed by atoms with Crippen molar-refractivity contribution in [3.05, 3.63) is 88.2 Å². The molecule has 1 heterocycles. The Bertz CT molecular complexity index is 1790. The monoisotopic (exact) mass is 684 g/mol. The molecule has 0 fully saturated rings. The van der Waals surface area contributed by atoms with Gasteiger partial charge in [-0.3, -0.25) is 9.10 Å². The molecule has 1 N–H and O–H groups in total. The van der Waals surface area contributed by atoms with Gasteiger partial charge in [0.2, 0.25) is 0 Å². The summed E-state index contributed by atoms with van der Waals surface area (Å²) in [6, 6.07) is 18.7. The number of nitrogens with zero attached hydrogens (tertiary/aromatic N) is 3. The van der Waals surface area contributed by atoms with Gasteiger partial charge in [0.25, 0.3) is 15.9 Å². The second-order valence-electron chi connectivity index (χ2n) is 9.50. The number of nitrogens with one attached hydrogen (secondary N) is 1. The first-order valence-electron chi connectivity index (χ1n) is 13.3. The number of methoxy groups -OCH3 is 4. The molecule has 0 aliphatic carbocycles. The van der Waals surface area contributed by atoms with Crippen molar-refractivity contribution in [1.29, 1.82) is 0 Å². The molecule has 44 heavy (non-hydrogen) atoms. The Morgan fingerprint density at radius 1 is 0.886 bits per heavy atom. The second-order valence-corrected chi connectivity index (χ2v) is 12.3. The molecule has 0 aliphatic heterocycles. The van der Waals surface area contributed by atoms with E-state index in [4.69, 9.17) is 18.9 Å². The van der Waals surface area contributed by atoms with Gasteiger partial charge in [-0.25, -0.2) is 13.8 Å². The van der Waals surface area contributed by atoms with Crippen molar-refractivity contribution in [3.8, 4) is 28.7 Å². The van der Waals surface area contributed by atoms with Gasteiger partial charge in [-0.2, -0.15) is 5.10 Å². The van der Waals surface area contributed by atoms with Crippen molar-refractivity contribution in [1.82, 2.24) is 9.99 Å². The van der Waals surface area contributed by atoms with Crippen LogP contribution < -0.4 is 28.7 Å². The number of hydrazone groups is 1. The van der Waals surface area contributed by atoms with E-state index in [-0.39, 0.29) is 22.1 Å². The van der Waals surface area contributed by atoms with Gasteiger partial charge in [-0.15, -0.1) is 0 Å². The lowest BCUT2D eigenvalue weighted by atomic mass is 10.2. The maximum Gasteiger partial charge on any atom is 0.265 e. The Hall–Kier alpha value is -4.49. The topological polar surface area (TPSA) is 121 Å². The largest absolute Gasteiger partial charge is 0.497 e. The van der Waals surface area contributed by atoms with Crippen molar-refractivity contribution in [3.63, 3.8) is 0 Å². The second kappa shape index (κ2) is 13.9. The maximum atomic E-state index is 14.0. The van der Waals surface area contributed by atoms with Crippen LogP contribution in [0.2, 0.25) is 0 Å². The minimum absolute atomic E-state index is 0.0961. The van der Waals surface area contributed by atoms with Gasteiger partial charge >= 0.3 is 0 Å². The van der Waals surface area contributed by atoms with Crippen LogP contribution in [0.3, 0.4) is 0 Å². The average Bonchev–Trinajstić information content (AvgIpc) is 3.31. The lowest BCUT2D eigenvalue weighted by molar-refractivity contribution is -0.119. The number of aryl methyl sites for hydroxylation is 1. The summed E-state index contributed by atoms with van der Waals surface area (Å²) in [4.78, 5) is 13.1. The Morgan fingerprint density at radius 3 is 2.18 bits per heavy atom. The van der Waals surface area contributed by atoms with Gasteiger partial charge in [-0.1, -0.05) is 15.9 Å². The molecule has 4 aromatic rings. The highest BCUT2D eigenvalue weighted by atomic mass is 79.9. The zero-order valence-electron chi connectivity index (χ0n) is 25.1. The predicted octanol–water partition coefficient (Wildman–Crippen LogP) is 5.24. The number of benzene rings is 3. The molecule has 0 atom stereocenters. The number of carbonyl (C=O) groups is 1. The van der Waals surface area contributed by atoms with E-state index in [2.05, 4.69) is 31.0 Å². The van der Waals surface area contributed by atoms with E-state index in [1.807, 2.05) is 44.2 Å². The lowest BCUT2D eigenvalue weighted by Gasteiger charge is -2.26. The third-order valence-electron chi connectivity index (χ3n) is 6.83. The molecular formula is C31H33BrN4O7S. The van der Waals surface area contributed by atoms with E-state index >= 15 is 0 Å². The van der Waals surface area contributed by atoms with Crippen molar-refractivity contribution >= 4 is 43.8 Å². The molecule has 0 radical (unpaired) electrons. The molecule has 1 aromatic heterocycles. The Labute approximate surface area is 265 Å². The van der Waals surface area contributed by atoms with Gasteiger partial charge in [0.15, 0.2) is 11.5 Å². The number of carbonyl (C=O) groups excluding carboxylic acids is 1. The summed E-state index contributed by atoms with van der Waals surface area (Å²) in [6.07, 6.45) is 1.52. The predicted molar refractivity (Wildman–Crippen MR) is 172 cm³/mol. The summed E-state index contributed by atoms with van der Waals surface area (Å²) < 4.78 is 53.4. The van der Waals surface area contributed by atoms with Crippen LogP contribution in [-0.2, 0) is 14.8 Å². The summed E-state index contributed by atoms with van der Waals surface area (Å²) in [5, 5.41) is 4.13. The number of aromatic nitrogens is 1. The minimum Gasteiger partial charge on any atom is -0.497 e. The number of rotatable bonds is 12. The van der Waals surface area contributed by atoms with Gasteiger partial charge in [0.05, 0.1) is 45.2 Å². The lowest BCUT2D eigenvalue weighted by Crippen LogP contribution is -2.39. The standard InChI is InChI=1S/C31H33BrN4O7S/c1-20-15-22(21(2)36(20)24-9-7-23(32)8-10-24)18-33-34-31(37)19-35(27-16-25(40-3)11-13-28(27)41-4)44(38,39)26-12-14-29(42-5)30(17-26)43-6/h7-18H,19H2,1-6H3,(H,34,37)/b33-18-. The summed E-state index contributed by atoms with van der Waals surface area (Å²) in [5.74, 6) is 0.459. The smallest absolute Gasteiger partial charge is 0.265 e. The fraction of sp³-hybridized carbons (Fsp3) is 0.226. The van der Waals surface area contributed by atoms with E-state index < -0.39 is 22.5 Å². The van der Waals surface area contributed by atoms with E-state index in [1.165, 1.54) is 58.9 Å². The third kappa shape index (κ3) is 6.84. The zero-order chi connectivity index (χ0) is 32.0. The van der Waals surface area contributed by atoms with Gasteiger partial charge in [-0.05, 0) is 68.4 Å². The molecule has 0 bridgehead atoms. The van der Waals surface area contributed by atoms with Crippen molar-refractivity contribution < 1.29 is 32.2 Å². The summed E-state index contributed by atoms with van der Waals surface area (Å²) in [6.45, 7) is 3.31. The van der Waals surface area contributed by atoms with Crippen molar-refractivity contribution in [2.45, 2.75) is 18.7 Å². The maximum absolute atomic E-state index is 14.0. The summed E-state index contributed by atoms with van der Waals surface area (Å²) >= 11 is 3.46. The molecule has 0 unspecified atom stereocenters. The number of hydrogen-bond acceptors (Lipinski definition) is 8. The molecular weight excluding hydrogens is 652 g/mol. The Balaban J connectivity index is 1.65. The number of amides is 1. The number of halogens is 1. The zero-order valence-corrected chi connectivity index (χ0v) is 27.5. The van der Waals surface area contributed by atoms with Crippen LogP contribution in [0, 0.1) is 13.8 Å². The van der Waals surface area contributed by atoms with E-state index in [1.54, 1.807) is 12.1 Å². The molecule has 0 spiro atoms. The quantitative estimate of drug-likeness (QED) is 0.160. The highest BCUT2D eigenvalue weighted by Gasteiger charge is 2.31. The fourth-order valence-corrected chi connectivity index (χ4v) is 6.34. The molecule has 0 saturated carbocycles. The summed E-state index contributed by atoms with van der Waals surface area (Å²) in [7, 11) is 1.36. The molecule has 0 saturated heterocycles. The minimum atomic E-state index is -4.34. The van der Waals surface area contributed by atoms with Crippen LogP contribution in [0.25, 0.3) is 5.69 Å². The van der Waals surface area contributed by atoms with Gasteiger partial charge in [0, 0.05) is 39.2 Å². The fourth-order valence-electron chi connectivity index (χ4n) is 4.64. The normalized spacial score (nSPS) is 11.3. The van der Waals surface area contributed by atoms with Crippen LogP contribution in [0.4, 0.5) is 5.69 Å². The van der Waals surface area contributed by atoms with Crippen LogP contribution in [0.1, 0.15) is 17.0 Å². The molecule has 4 rings (SSSR count). The van der Waals surface area contributed by atoms with Crippen LogP contribution in [-0.4, -0.2) is 60.1 Å². The highest BCUT2D eigenvalue weighted by Crippen LogP contribution is 2.37. The van der Waals surface area contributed by atoms with Crippen molar-refractivity contribution in [2.75, 3.05) is 39.3 Å². The first kappa shape index (κ1) is 32.4. The molecule has 13 heteroatoms. The first-order chi connectivity index (χ1) is 21.0. The first-order valence-corrected chi connectivity index (χ1v) is 15.5. The molecule has 0 aliphatic rings. The van der Waals surface area contributed by atoms with E-state index in [9.17, 15) is 13.2 Å². The molecule has 11 nitrogen and oxygen atoms in total. The van der Waals surface area contributed by atoms with Crippen LogP contribution >= 0.6 is 15.9 Å². The summed E-state index contributed by atoms with van der Waals surface area (Å²) in [5.41, 5.74) is 6.22. The Morgan fingerprint density at radius 2 is 1.55 bits per heavy atom. The number of hydrogen-bond donors (Lipinski definition) is 1. The van der Waals surface area contributed by atoms with Crippen LogP contribution in [0.15, 0.2) is 81.2 Å². The third-order valence-corrected chi connectivity index (χ3v) is 9.12. The highest BCUT2D eigenvalue weighted by molar-refractivity contribution is 9.10. The van der Waals surface area contributed by atoms with E-state index in [0.717, 1.165) is 31.4 Å². The average molecular weight is 686 g/mol. The van der Waals surface area contributed by atoms with E-state index in [0.29, 0.717) is 11.5 Å². The van der Waals surface area contributed by atoms with Gasteiger partial charge < -0.3 is 23.5 Å². The van der Waals surface area contributed by atoms with Gasteiger partial charge in [0.1, 0.15) is 18.0 Å². The SMILES string of the molecule is COc1ccc(OC)c(N(CC(=O)N/N=C\c2cc(C)n(-c3ccc(Br)cc3)c2C)S(=O)(=O)c2ccc(OC)c(OC)c2)c1. The van der Waals surface area contributed by atoms with Crippen LogP contribution in [0.5, 0.6) is 23.0 Å². The number of ether oxygens (including phenoxy) is 4. The van der Waals surface area contributed by atoms with Crippen molar-refractivity contribution in [2.24, 2.45) is 5.10 Å².